The van der Waals surface area contributed by atoms with E-state index in [0.29, 0.717) is 6.04 Å². The highest BCUT2D eigenvalue weighted by molar-refractivity contribution is 7.11. The van der Waals surface area contributed by atoms with Crippen LogP contribution >= 0.6 is 11.3 Å². The van der Waals surface area contributed by atoms with Crippen LogP contribution in [0.1, 0.15) is 63.0 Å². The average molecular weight is 295 g/mol. The summed E-state index contributed by atoms with van der Waals surface area (Å²) in [6.45, 7) is 15.7. The zero-order valence-corrected chi connectivity index (χ0v) is 14.4. The van der Waals surface area contributed by atoms with Crippen LogP contribution in [0.2, 0.25) is 0 Å². The van der Waals surface area contributed by atoms with Crippen LogP contribution in [0.25, 0.3) is 0 Å². The standard InChI is InChI=1S/C16H29N3S/c1-12(2)17-10-13-15(16(3,4)5)18-14(20-13)11-19-8-6-7-9-19/h12,17H,6-11H2,1-5H3. The first-order chi connectivity index (χ1) is 9.36. The van der Waals surface area contributed by atoms with Gasteiger partial charge in [-0.3, -0.25) is 4.90 Å². The van der Waals surface area contributed by atoms with Gasteiger partial charge in [0.15, 0.2) is 0 Å². The van der Waals surface area contributed by atoms with E-state index < -0.39 is 0 Å². The zero-order chi connectivity index (χ0) is 14.8. The first-order valence-electron chi connectivity index (χ1n) is 7.81. The van der Waals surface area contributed by atoms with Crippen LogP contribution < -0.4 is 5.32 Å². The van der Waals surface area contributed by atoms with E-state index in [1.165, 1.54) is 41.5 Å². The molecule has 1 aromatic heterocycles. The van der Waals surface area contributed by atoms with Crippen molar-refractivity contribution in [3.8, 4) is 0 Å². The van der Waals surface area contributed by atoms with E-state index in [4.69, 9.17) is 4.98 Å². The molecular formula is C16H29N3S. The van der Waals surface area contributed by atoms with E-state index in [-0.39, 0.29) is 5.41 Å². The SMILES string of the molecule is CC(C)NCc1sc(CN2CCCC2)nc1C(C)(C)C. The van der Waals surface area contributed by atoms with Gasteiger partial charge in [0.05, 0.1) is 12.2 Å². The van der Waals surface area contributed by atoms with E-state index in [0.717, 1.165) is 13.1 Å². The van der Waals surface area contributed by atoms with Gasteiger partial charge in [-0.15, -0.1) is 11.3 Å². The van der Waals surface area contributed by atoms with Gasteiger partial charge in [-0.1, -0.05) is 34.6 Å². The highest BCUT2D eigenvalue weighted by atomic mass is 32.1. The van der Waals surface area contributed by atoms with Gasteiger partial charge in [-0.05, 0) is 25.9 Å². The number of hydrogen-bond donors (Lipinski definition) is 1. The Morgan fingerprint density at radius 3 is 2.45 bits per heavy atom. The molecule has 4 heteroatoms. The van der Waals surface area contributed by atoms with Crippen molar-refractivity contribution >= 4 is 11.3 Å². The molecule has 2 rings (SSSR count). The monoisotopic (exact) mass is 295 g/mol. The Hall–Kier alpha value is -0.450. The van der Waals surface area contributed by atoms with E-state index in [1.807, 2.05) is 11.3 Å². The lowest BCUT2D eigenvalue weighted by Gasteiger charge is -2.18. The molecule has 114 valence electrons. The molecule has 0 radical (unpaired) electrons. The Balaban J connectivity index is 2.13. The Morgan fingerprint density at radius 1 is 1.25 bits per heavy atom. The predicted molar refractivity (Wildman–Crippen MR) is 87.3 cm³/mol. The summed E-state index contributed by atoms with van der Waals surface area (Å²) in [5, 5.41) is 4.83. The zero-order valence-electron chi connectivity index (χ0n) is 13.6. The number of likely N-dealkylation sites (tertiary alicyclic amines) is 1. The fourth-order valence-corrected chi connectivity index (χ4v) is 3.88. The van der Waals surface area contributed by atoms with Gasteiger partial charge < -0.3 is 5.32 Å². The van der Waals surface area contributed by atoms with Gasteiger partial charge in [0.2, 0.25) is 0 Å². The van der Waals surface area contributed by atoms with E-state index >= 15 is 0 Å². The lowest BCUT2D eigenvalue weighted by atomic mass is 9.91. The maximum absolute atomic E-state index is 4.96. The molecule has 1 aromatic rings. The van der Waals surface area contributed by atoms with E-state index in [1.54, 1.807) is 0 Å². The molecule has 1 saturated heterocycles. The van der Waals surface area contributed by atoms with Crippen molar-refractivity contribution in [2.75, 3.05) is 13.1 Å². The van der Waals surface area contributed by atoms with Crippen molar-refractivity contribution in [2.24, 2.45) is 0 Å². The normalized spacial score (nSPS) is 17.3. The third-order valence-corrected chi connectivity index (χ3v) is 4.72. The molecule has 1 N–H and O–H groups in total. The second-order valence-corrected chi connectivity index (χ2v) is 8.32. The molecule has 0 saturated carbocycles. The predicted octanol–water partition coefficient (Wildman–Crippen LogP) is 3.53. The van der Waals surface area contributed by atoms with Crippen LogP contribution in [-0.2, 0) is 18.5 Å². The van der Waals surface area contributed by atoms with Gasteiger partial charge >= 0.3 is 0 Å². The van der Waals surface area contributed by atoms with Gasteiger partial charge in [0, 0.05) is 22.9 Å². The van der Waals surface area contributed by atoms with Gasteiger partial charge in [-0.25, -0.2) is 4.98 Å². The van der Waals surface area contributed by atoms with Gasteiger partial charge in [0.1, 0.15) is 5.01 Å². The number of nitrogens with one attached hydrogen (secondary N) is 1. The number of hydrogen-bond acceptors (Lipinski definition) is 4. The molecule has 20 heavy (non-hydrogen) atoms. The van der Waals surface area contributed by atoms with Gasteiger partial charge in [-0.2, -0.15) is 0 Å². The van der Waals surface area contributed by atoms with Crippen LogP contribution in [0, 0.1) is 0 Å². The molecule has 0 bridgehead atoms. The van der Waals surface area contributed by atoms with Crippen molar-refractivity contribution in [1.82, 2.24) is 15.2 Å². The Labute approximate surface area is 127 Å². The highest BCUT2D eigenvalue weighted by Gasteiger charge is 2.24. The fourth-order valence-electron chi connectivity index (χ4n) is 2.60. The quantitative estimate of drug-likeness (QED) is 0.900. The third kappa shape index (κ3) is 4.27. The van der Waals surface area contributed by atoms with Crippen LogP contribution in [0.5, 0.6) is 0 Å². The summed E-state index contributed by atoms with van der Waals surface area (Å²) in [4.78, 5) is 8.91. The lowest BCUT2D eigenvalue weighted by molar-refractivity contribution is 0.330. The second kappa shape index (κ2) is 6.54. The summed E-state index contributed by atoms with van der Waals surface area (Å²) in [6.07, 6.45) is 2.69. The maximum atomic E-state index is 4.96. The van der Waals surface area contributed by atoms with Crippen LogP contribution in [0.3, 0.4) is 0 Å². The second-order valence-electron chi connectivity index (χ2n) is 7.15. The molecule has 0 aromatic carbocycles. The van der Waals surface area contributed by atoms with Crippen molar-refractivity contribution in [3.05, 3.63) is 15.6 Å². The topological polar surface area (TPSA) is 28.2 Å². The molecule has 3 nitrogen and oxygen atoms in total. The van der Waals surface area contributed by atoms with Crippen LogP contribution in [0.15, 0.2) is 0 Å². The largest absolute Gasteiger partial charge is 0.310 e. The van der Waals surface area contributed by atoms with E-state index in [2.05, 4.69) is 44.8 Å². The number of rotatable bonds is 5. The first kappa shape index (κ1) is 15.9. The summed E-state index contributed by atoms with van der Waals surface area (Å²) in [5.74, 6) is 0. The molecule has 1 fully saturated rings. The molecule has 0 unspecified atom stereocenters. The van der Waals surface area contributed by atoms with Crippen molar-refractivity contribution in [1.29, 1.82) is 0 Å². The molecular weight excluding hydrogens is 266 g/mol. The van der Waals surface area contributed by atoms with Crippen LogP contribution in [-0.4, -0.2) is 29.0 Å². The fraction of sp³-hybridized carbons (Fsp3) is 0.812. The number of thiazole rings is 1. The molecule has 0 amide bonds. The van der Waals surface area contributed by atoms with E-state index in [9.17, 15) is 0 Å². The minimum atomic E-state index is 0.133. The Bertz CT molecular complexity index is 425. The lowest BCUT2D eigenvalue weighted by Crippen LogP contribution is -2.24. The average Bonchev–Trinajstić information content (AvgIpc) is 2.95. The summed E-state index contributed by atoms with van der Waals surface area (Å²) >= 11 is 1.90. The minimum absolute atomic E-state index is 0.133. The molecule has 0 atom stereocenters. The Morgan fingerprint density at radius 2 is 1.90 bits per heavy atom. The summed E-state index contributed by atoms with van der Waals surface area (Å²) in [7, 11) is 0. The molecule has 2 heterocycles. The van der Waals surface area contributed by atoms with Gasteiger partial charge in [0.25, 0.3) is 0 Å². The van der Waals surface area contributed by atoms with Crippen molar-refractivity contribution < 1.29 is 0 Å². The smallest absolute Gasteiger partial charge is 0.107 e. The number of aromatic nitrogens is 1. The van der Waals surface area contributed by atoms with Crippen LogP contribution in [0.4, 0.5) is 0 Å². The summed E-state index contributed by atoms with van der Waals surface area (Å²) < 4.78 is 0. The molecule has 0 spiro atoms. The highest BCUT2D eigenvalue weighted by Crippen LogP contribution is 2.30. The molecule has 1 aliphatic heterocycles. The maximum Gasteiger partial charge on any atom is 0.107 e. The molecule has 1 aliphatic rings. The Kier molecular flexibility index (Phi) is 5.21. The number of nitrogens with zero attached hydrogens (tertiary/aromatic N) is 2. The summed E-state index contributed by atoms with van der Waals surface area (Å²) in [5.41, 5.74) is 1.41. The molecule has 0 aliphatic carbocycles. The van der Waals surface area contributed by atoms with Crippen molar-refractivity contribution in [3.63, 3.8) is 0 Å². The first-order valence-corrected chi connectivity index (χ1v) is 8.62. The van der Waals surface area contributed by atoms with Crippen molar-refractivity contribution in [2.45, 2.75) is 72.0 Å². The minimum Gasteiger partial charge on any atom is -0.310 e. The summed E-state index contributed by atoms with van der Waals surface area (Å²) in [6, 6.07) is 0.520. The third-order valence-electron chi connectivity index (χ3n) is 3.68.